The van der Waals surface area contributed by atoms with Gasteiger partial charge in [-0.25, -0.2) is 4.79 Å². The Morgan fingerprint density at radius 1 is 1.11 bits per heavy atom. The van der Waals surface area contributed by atoms with Gasteiger partial charge in [-0.1, -0.05) is 38.7 Å². The Morgan fingerprint density at radius 3 is 2.36 bits per heavy atom. The Kier molecular flexibility index (Phi) is 9.35. The quantitative estimate of drug-likeness (QED) is 0.110. The van der Waals surface area contributed by atoms with Gasteiger partial charge in [0.25, 0.3) is 0 Å². The summed E-state index contributed by atoms with van der Waals surface area (Å²) in [7, 11) is -0.677. The molecular weight excluding hydrogens is 374 g/mol. The number of unbranched alkanes of at least 4 members (excludes halogenated alkanes) is 3. The standard InChI is InChI=1S/C20H33N3O4Si/c1-20(2,3)28(5,6)27-18-14-16(19(24)25-4)13-17(15-18)26-12-10-8-7-9-11-22-23-21/h13-15H,7-12H2,1-6H3. The third kappa shape index (κ3) is 7.82. The molecular formula is C20H33N3O4Si. The minimum absolute atomic E-state index is 0.0465. The summed E-state index contributed by atoms with van der Waals surface area (Å²) in [5, 5.41) is 3.57. The molecule has 0 aromatic heterocycles. The molecule has 0 aliphatic rings. The fourth-order valence-corrected chi connectivity index (χ4v) is 3.28. The highest BCUT2D eigenvalue weighted by Crippen LogP contribution is 2.38. The molecule has 8 heteroatoms. The molecule has 156 valence electrons. The summed E-state index contributed by atoms with van der Waals surface area (Å²) in [4.78, 5) is 14.8. The van der Waals surface area contributed by atoms with E-state index in [4.69, 9.17) is 19.4 Å². The maximum absolute atomic E-state index is 12.0. The molecule has 0 aliphatic heterocycles. The van der Waals surface area contributed by atoms with E-state index in [9.17, 15) is 4.79 Å². The van der Waals surface area contributed by atoms with Gasteiger partial charge < -0.3 is 13.9 Å². The third-order valence-electron chi connectivity index (χ3n) is 4.96. The smallest absolute Gasteiger partial charge is 0.338 e. The van der Waals surface area contributed by atoms with Gasteiger partial charge >= 0.3 is 5.97 Å². The predicted molar refractivity (Wildman–Crippen MR) is 114 cm³/mol. The summed E-state index contributed by atoms with van der Waals surface area (Å²) >= 11 is 0. The van der Waals surface area contributed by atoms with Crippen LogP contribution < -0.4 is 9.16 Å². The van der Waals surface area contributed by atoms with Gasteiger partial charge in [-0.3, -0.25) is 0 Å². The highest BCUT2D eigenvalue weighted by atomic mass is 28.4. The van der Waals surface area contributed by atoms with E-state index in [0.717, 1.165) is 25.7 Å². The van der Waals surface area contributed by atoms with Crippen LogP contribution in [0.4, 0.5) is 0 Å². The average molecular weight is 408 g/mol. The van der Waals surface area contributed by atoms with Gasteiger partial charge in [-0.15, -0.1) is 0 Å². The number of hydrogen-bond acceptors (Lipinski definition) is 5. The fraction of sp³-hybridized carbons (Fsp3) is 0.650. The summed E-state index contributed by atoms with van der Waals surface area (Å²) < 4.78 is 17.1. The van der Waals surface area contributed by atoms with Crippen LogP contribution in [0.1, 0.15) is 56.8 Å². The minimum atomic E-state index is -2.04. The fourth-order valence-electron chi connectivity index (χ4n) is 2.27. The van der Waals surface area contributed by atoms with Crippen molar-refractivity contribution in [2.45, 2.75) is 64.6 Å². The van der Waals surface area contributed by atoms with Crippen LogP contribution in [0.2, 0.25) is 18.1 Å². The van der Waals surface area contributed by atoms with Crippen LogP contribution in [0.25, 0.3) is 10.4 Å². The van der Waals surface area contributed by atoms with Gasteiger partial charge in [0.05, 0.1) is 19.3 Å². The zero-order valence-corrected chi connectivity index (χ0v) is 18.9. The normalized spacial score (nSPS) is 11.5. The molecule has 0 unspecified atom stereocenters. The second-order valence-corrected chi connectivity index (χ2v) is 13.0. The van der Waals surface area contributed by atoms with Crippen LogP contribution in [0.15, 0.2) is 23.3 Å². The molecule has 0 bridgehead atoms. The summed E-state index contributed by atoms with van der Waals surface area (Å²) in [5.41, 5.74) is 8.67. The summed E-state index contributed by atoms with van der Waals surface area (Å²) in [6.07, 6.45) is 3.75. The molecule has 0 fully saturated rings. The first-order chi connectivity index (χ1) is 13.1. The molecule has 0 radical (unpaired) electrons. The summed E-state index contributed by atoms with van der Waals surface area (Å²) in [6.45, 7) is 11.9. The van der Waals surface area contributed by atoms with Crippen LogP contribution >= 0.6 is 0 Å². The molecule has 7 nitrogen and oxygen atoms in total. The SMILES string of the molecule is COC(=O)c1cc(OCCCCCCN=[N+]=[N-])cc(O[Si](C)(C)C(C)(C)C)c1. The van der Waals surface area contributed by atoms with Gasteiger partial charge in [-0.05, 0) is 48.6 Å². The molecule has 0 saturated heterocycles. The van der Waals surface area contributed by atoms with Crippen molar-refractivity contribution in [3.8, 4) is 11.5 Å². The monoisotopic (exact) mass is 407 g/mol. The topological polar surface area (TPSA) is 93.5 Å². The minimum Gasteiger partial charge on any atom is -0.543 e. The van der Waals surface area contributed by atoms with E-state index in [1.165, 1.54) is 7.11 Å². The van der Waals surface area contributed by atoms with E-state index < -0.39 is 14.3 Å². The zero-order valence-electron chi connectivity index (χ0n) is 17.9. The predicted octanol–water partition coefficient (Wildman–Crippen LogP) is 6.11. The number of ether oxygens (including phenoxy) is 2. The molecule has 0 N–H and O–H groups in total. The molecule has 0 atom stereocenters. The molecule has 0 spiro atoms. The van der Waals surface area contributed by atoms with E-state index >= 15 is 0 Å². The average Bonchev–Trinajstić information content (AvgIpc) is 2.61. The van der Waals surface area contributed by atoms with E-state index in [1.807, 2.05) is 6.07 Å². The Labute approximate surface area is 169 Å². The van der Waals surface area contributed by atoms with E-state index in [2.05, 4.69) is 43.9 Å². The lowest BCUT2D eigenvalue weighted by atomic mass is 10.2. The van der Waals surface area contributed by atoms with E-state index in [-0.39, 0.29) is 5.04 Å². The van der Waals surface area contributed by atoms with Crippen molar-refractivity contribution < 1.29 is 18.7 Å². The van der Waals surface area contributed by atoms with Crippen LogP contribution in [-0.4, -0.2) is 34.5 Å². The molecule has 28 heavy (non-hydrogen) atoms. The number of nitrogens with zero attached hydrogens (tertiary/aromatic N) is 3. The Balaban J connectivity index is 2.77. The lowest BCUT2D eigenvalue weighted by molar-refractivity contribution is 0.0600. The number of carbonyl (C=O) groups is 1. The zero-order chi connectivity index (χ0) is 21.2. The second-order valence-electron chi connectivity index (χ2n) is 8.26. The van der Waals surface area contributed by atoms with Crippen LogP contribution in [0.3, 0.4) is 0 Å². The van der Waals surface area contributed by atoms with Crippen molar-refractivity contribution in [2.24, 2.45) is 5.11 Å². The van der Waals surface area contributed by atoms with Crippen LogP contribution in [0.5, 0.6) is 11.5 Å². The maximum atomic E-state index is 12.0. The molecule has 0 amide bonds. The van der Waals surface area contributed by atoms with Crippen LogP contribution in [-0.2, 0) is 4.74 Å². The number of azide groups is 1. The van der Waals surface area contributed by atoms with E-state index in [1.54, 1.807) is 12.1 Å². The van der Waals surface area contributed by atoms with Crippen molar-refractivity contribution in [1.29, 1.82) is 0 Å². The first-order valence-corrected chi connectivity index (χ1v) is 12.6. The van der Waals surface area contributed by atoms with Crippen molar-refractivity contribution in [3.05, 3.63) is 34.2 Å². The van der Waals surface area contributed by atoms with Gasteiger partial charge in [0.1, 0.15) is 11.5 Å². The Morgan fingerprint density at radius 2 is 1.75 bits per heavy atom. The number of rotatable bonds is 11. The lowest BCUT2D eigenvalue weighted by Crippen LogP contribution is -2.43. The first kappa shape index (κ1) is 23.9. The molecule has 1 aromatic rings. The largest absolute Gasteiger partial charge is 0.543 e. The molecule has 1 rings (SSSR count). The van der Waals surface area contributed by atoms with E-state index in [0.29, 0.717) is 30.2 Å². The highest BCUT2D eigenvalue weighted by molar-refractivity contribution is 6.74. The molecule has 0 aliphatic carbocycles. The first-order valence-electron chi connectivity index (χ1n) is 9.67. The van der Waals surface area contributed by atoms with Crippen molar-refractivity contribution in [3.63, 3.8) is 0 Å². The number of benzene rings is 1. The van der Waals surface area contributed by atoms with Crippen molar-refractivity contribution in [1.82, 2.24) is 0 Å². The highest BCUT2D eigenvalue weighted by Gasteiger charge is 2.39. The number of carbonyl (C=O) groups excluding carboxylic acids is 1. The van der Waals surface area contributed by atoms with Crippen LogP contribution in [0, 0.1) is 0 Å². The van der Waals surface area contributed by atoms with Gasteiger partial charge in [0.2, 0.25) is 8.32 Å². The summed E-state index contributed by atoms with van der Waals surface area (Å²) in [5.74, 6) is 0.827. The molecule has 0 heterocycles. The second kappa shape index (κ2) is 11.0. The number of esters is 1. The Hall–Kier alpha value is -2.18. The maximum Gasteiger partial charge on any atom is 0.338 e. The molecule has 0 saturated carbocycles. The summed E-state index contributed by atoms with van der Waals surface area (Å²) in [6, 6.07) is 5.25. The number of hydrogen-bond donors (Lipinski definition) is 0. The Bertz CT molecular complexity index is 695. The van der Waals surface area contributed by atoms with Gasteiger partial charge in [0, 0.05) is 17.5 Å². The van der Waals surface area contributed by atoms with Gasteiger partial charge in [0.15, 0.2) is 0 Å². The number of methoxy groups -OCH3 is 1. The van der Waals surface area contributed by atoms with Crippen molar-refractivity contribution in [2.75, 3.05) is 20.3 Å². The van der Waals surface area contributed by atoms with Gasteiger partial charge in [-0.2, -0.15) is 0 Å². The lowest BCUT2D eigenvalue weighted by Gasteiger charge is -2.36. The van der Waals surface area contributed by atoms with Crippen molar-refractivity contribution >= 4 is 14.3 Å². The third-order valence-corrected chi connectivity index (χ3v) is 9.32. The molecule has 1 aromatic carbocycles.